The number of nitrogens with zero attached hydrogens (tertiary/aromatic N) is 4. The number of fused-ring (bicyclic) bond motifs is 1. The average Bonchev–Trinajstić information content (AvgIpc) is 3.12. The lowest BCUT2D eigenvalue weighted by Gasteiger charge is -2.21. The van der Waals surface area contributed by atoms with Crippen molar-refractivity contribution in [2.45, 2.75) is 39.2 Å². The maximum atomic E-state index is 4.72. The molecule has 2 aromatic rings. The number of rotatable bonds is 9. The van der Waals surface area contributed by atoms with Crippen LogP contribution in [0.3, 0.4) is 0 Å². The van der Waals surface area contributed by atoms with Crippen molar-refractivity contribution in [2.24, 2.45) is 4.99 Å². The average molecular weight is 334 g/mol. The molecule has 2 heterocycles. The molecule has 0 bridgehead atoms. The third-order valence-corrected chi connectivity index (χ3v) is 4.40. The standard InChI is InChI=1S/C17H27N5S/c1-4-6-7-8-9-10-21(3)16(18-5-2)19-13-15-14-22-11-12-23-17(22)20-15/h4,11-12,14H,1,5-10,13H2,2-3H3,(H,18,19). The second-order valence-corrected chi connectivity index (χ2v) is 6.43. The van der Waals surface area contributed by atoms with Crippen molar-refractivity contribution in [1.82, 2.24) is 19.6 Å². The van der Waals surface area contributed by atoms with Crippen molar-refractivity contribution in [3.05, 3.63) is 36.1 Å². The van der Waals surface area contributed by atoms with Crippen LogP contribution in [0, 0.1) is 0 Å². The molecule has 0 aromatic carbocycles. The Hall–Kier alpha value is -1.82. The van der Waals surface area contributed by atoms with Crippen molar-refractivity contribution in [3.63, 3.8) is 0 Å². The van der Waals surface area contributed by atoms with E-state index < -0.39 is 0 Å². The second-order valence-electron chi connectivity index (χ2n) is 5.55. The van der Waals surface area contributed by atoms with Crippen LogP contribution in [0.2, 0.25) is 0 Å². The minimum atomic E-state index is 0.609. The molecule has 0 saturated carbocycles. The van der Waals surface area contributed by atoms with Gasteiger partial charge in [0.1, 0.15) is 0 Å². The van der Waals surface area contributed by atoms with Gasteiger partial charge in [-0.05, 0) is 26.2 Å². The van der Waals surface area contributed by atoms with Crippen LogP contribution in [0.4, 0.5) is 0 Å². The van der Waals surface area contributed by atoms with E-state index in [1.165, 1.54) is 19.3 Å². The first-order valence-electron chi connectivity index (χ1n) is 8.26. The molecule has 0 aliphatic rings. The van der Waals surface area contributed by atoms with E-state index in [-0.39, 0.29) is 0 Å². The van der Waals surface area contributed by atoms with Gasteiger partial charge < -0.3 is 10.2 Å². The number of hydrogen-bond donors (Lipinski definition) is 1. The first-order chi connectivity index (χ1) is 11.2. The summed E-state index contributed by atoms with van der Waals surface area (Å²) in [6.07, 6.45) is 10.8. The van der Waals surface area contributed by atoms with Gasteiger partial charge in [-0.2, -0.15) is 0 Å². The first-order valence-corrected chi connectivity index (χ1v) is 9.14. The monoisotopic (exact) mass is 333 g/mol. The molecule has 2 aromatic heterocycles. The zero-order valence-electron chi connectivity index (χ0n) is 14.2. The lowest BCUT2D eigenvalue weighted by atomic mass is 10.2. The first kappa shape index (κ1) is 17.5. The molecule has 0 aliphatic heterocycles. The predicted molar refractivity (Wildman–Crippen MR) is 99.2 cm³/mol. The number of imidazole rings is 1. The summed E-state index contributed by atoms with van der Waals surface area (Å²) in [7, 11) is 2.10. The highest BCUT2D eigenvalue weighted by Gasteiger charge is 2.07. The summed E-state index contributed by atoms with van der Waals surface area (Å²) in [5.74, 6) is 0.951. The van der Waals surface area contributed by atoms with E-state index in [1.807, 2.05) is 28.3 Å². The van der Waals surface area contributed by atoms with Crippen LogP contribution in [0.1, 0.15) is 38.3 Å². The van der Waals surface area contributed by atoms with E-state index in [4.69, 9.17) is 4.99 Å². The summed E-state index contributed by atoms with van der Waals surface area (Å²) in [6.45, 7) is 8.36. The zero-order chi connectivity index (χ0) is 16.5. The molecule has 5 nitrogen and oxygen atoms in total. The number of hydrogen-bond acceptors (Lipinski definition) is 3. The summed E-state index contributed by atoms with van der Waals surface area (Å²) >= 11 is 1.65. The molecule has 1 N–H and O–H groups in total. The van der Waals surface area contributed by atoms with E-state index in [9.17, 15) is 0 Å². The van der Waals surface area contributed by atoms with Crippen LogP contribution in [-0.4, -0.2) is 40.4 Å². The Labute approximate surface area is 142 Å². The molecule has 2 rings (SSSR count). The van der Waals surface area contributed by atoms with Crippen molar-refractivity contribution >= 4 is 22.3 Å². The quantitative estimate of drug-likeness (QED) is 0.330. The van der Waals surface area contributed by atoms with Gasteiger partial charge in [-0.3, -0.25) is 4.40 Å². The van der Waals surface area contributed by atoms with Crippen LogP contribution < -0.4 is 5.32 Å². The number of thiazole rings is 1. The number of guanidine groups is 1. The maximum Gasteiger partial charge on any atom is 0.194 e. The smallest absolute Gasteiger partial charge is 0.194 e. The maximum absolute atomic E-state index is 4.72. The molecule has 0 atom stereocenters. The molecule has 0 aliphatic carbocycles. The van der Waals surface area contributed by atoms with Crippen LogP contribution in [0.25, 0.3) is 4.96 Å². The van der Waals surface area contributed by atoms with Gasteiger partial charge in [0, 0.05) is 37.9 Å². The third kappa shape index (κ3) is 5.39. The van der Waals surface area contributed by atoms with Gasteiger partial charge in [0.05, 0.1) is 12.2 Å². The van der Waals surface area contributed by atoms with Gasteiger partial charge in [-0.1, -0.05) is 12.5 Å². The van der Waals surface area contributed by atoms with Gasteiger partial charge in [0.25, 0.3) is 0 Å². The Morgan fingerprint density at radius 1 is 1.48 bits per heavy atom. The molecule has 0 radical (unpaired) electrons. The third-order valence-electron chi connectivity index (χ3n) is 3.63. The highest BCUT2D eigenvalue weighted by molar-refractivity contribution is 7.15. The molecule has 0 amide bonds. The highest BCUT2D eigenvalue weighted by Crippen LogP contribution is 2.12. The molecule has 0 spiro atoms. The summed E-state index contributed by atoms with van der Waals surface area (Å²) in [5.41, 5.74) is 1.01. The Morgan fingerprint density at radius 2 is 2.35 bits per heavy atom. The molecular formula is C17H27N5S. The van der Waals surface area contributed by atoms with E-state index in [0.717, 1.165) is 36.1 Å². The lowest BCUT2D eigenvalue weighted by Crippen LogP contribution is -2.39. The second kappa shape index (κ2) is 9.35. The number of allylic oxidation sites excluding steroid dienone is 1. The molecule has 6 heteroatoms. The highest BCUT2D eigenvalue weighted by atomic mass is 32.1. The largest absolute Gasteiger partial charge is 0.357 e. The van der Waals surface area contributed by atoms with Gasteiger partial charge in [-0.25, -0.2) is 9.98 Å². The van der Waals surface area contributed by atoms with E-state index in [1.54, 1.807) is 11.3 Å². The van der Waals surface area contributed by atoms with E-state index in [0.29, 0.717) is 6.54 Å². The predicted octanol–water partition coefficient (Wildman–Crippen LogP) is 3.54. The van der Waals surface area contributed by atoms with Gasteiger partial charge >= 0.3 is 0 Å². The summed E-state index contributed by atoms with van der Waals surface area (Å²) in [4.78, 5) is 12.5. The van der Waals surface area contributed by atoms with Crippen LogP contribution in [-0.2, 0) is 6.54 Å². The number of nitrogens with one attached hydrogen (secondary N) is 1. The number of aromatic nitrogens is 2. The van der Waals surface area contributed by atoms with Crippen LogP contribution in [0.5, 0.6) is 0 Å². The van der Waals surface area contributed by atoms with Gasteiger partial charge in [0.15, 0.2) is 10.9 Å². The number of unbranched alkanes of at least 4 members (excludes halogenated alkanes) is 3. The fraction of sp³-hybridized carbons (Fsp3) is 0.529. The minimum Gasteiger partial charge on any atom is -0.357 e. The molecule has 0 saturated heterocycles. The summed E-state index contributed by atoms with van der Waals surface area (Å²) < 4.78 is 2.05. The van der Waals surface area contributed by atoms with Crippen LogP contribution >= 0.6 is 11.3 Å². The molecule has 23 heavy (non-hydrogen) atoms. The van der Waals surface area contributed by atoms with Crippen molar-refractivity contribution in [1.29, 1.82) is 0 Å². The topological polar surface area (TPSA) is 44.9 Å². The summed E-state index contributed by atoms with van der Waals surface area (Å²) in [6, 6.07) is 0. The van der Waals surface area contributed by atoms with Gasteiger partial charge in [-0.15, -0.1) is 17.9 Å². The molecular weight excluding hydrogens is 306 g/mol. The lowest BCUT2D eigenvalue weighted by molar-refractivity contribution is 0.455. The molecule has 0 fully saturated rings. The van der Waals surface area contributed by atoms with Gasteiger partial charge in [0.2, 0.25) is 0 Å². The normalized spacial score (nSPS) is 11.8. The molecule has 0 unspecified atom stereocenters. The van der Waals surface area contributed by atoms with E-state index >= 15 is 0 Å². The van der Waals surface area contributed by atoms with E-state index in [2.05, 4.69) is 35.8 Å². The Kier molecular flexibility index (Phi) is 7.13. The Morgan fingerprint density at radius 3 is 3.09 bits per heavy atom. The zero-order valence-corrected chi connectivity index (χ0v) is 15.0. The SMILES string of the molecule is C=CCCCCCN(C)C(=NCc1cn2ccsc2n1)NCC. The Balaban J connectivity index is 1.87. The summed E-state index contributed by atoms with van der Waals surface area (Å²) in [5, 5.41) is 5.40. The Bertz CT molecular complexity index is 599. The van der Waals surface area contributed by atoms with Crippen LogP contribution in [0.15, 0.2) is 35.4 Å². The van der Waals surface area contributed by atoms with Crippen molar-refractivity contribution < 1.29 is 0 Å². The minimum absolute atomic E-state index is 0.609. The van der Waals surface area contributed by atoms with Crippen molar-refractivity contribution in [2.75, 3.05) is 20.1 Å². The fourth-order valence-corrected chi connectivity index (χ4v) is 3.12. The number of aliphatic imine (C=N–C) groups is 1. The fourth-order valence-electron chi connectivity index (χ4n) is 2.40. The molecule has 126 valence electrons. The van der Waals surface area contributed by atoms with Crippen molar-refractivity contribution in [3.8, 4) is 0 Å².